The molecule has 228 valence electrons. The van der Waals surface area contributed by atoms with Gasteiger partial charge in [0.05, 0.1) is 48.6 Å². The number of hydrogen-bond donors (Lipinski definition) is 1. The quantitative estimate of drug-likeness (QED) is 0.199. The third kappa shape index (κ3) is 6.65. The van der Waals surface area contributed by atoms with Gasteiger partial charge in [-0.2, -0.15) is 4.31 Å². The number of thiophene rings is 1. The van der Waals surface area contributed by atoms with E-state index in [9.17, 15) is 18.0 Å². The minimum Gasteiger partial charge on any atom is -0.495 e. The molecule has 1 saturated heterocycles. The number of morpholine rings is 1. The van der Waals surface area contributed by atoms with Crippen LogP contribution in [0.25, 0.3) is 10.2 Å². The maximum atomic E-state index is 13.8. The lowest BCUT2D eigenvalue weighted by atomic mass is 10.1. The molecule has 43 heavy (non-hydrogen) atoms. The third-order valence-corrected chi connectivity index (χ3v) is 11.5. The second kappa shape index (κ2) is 13.2. The van der Waals surface area contributed by atoms with Gasteiger partial charge in [0, 0.05) is 18.0 Å². The Labute approximate surface area is 259 Å². The fraction of sp³-hybridized carbons (Fsp3) is 0.367. The van der Waals surface area contributed by atoms with Crippen LogP contribution in [0.2, 0.25) is 0 Å². The van der Waals surface area contributed by atoms with Crippen molar-refractivity contribution in [1.82, 2.24) is 13.9 Å². The highest BCUT2D eigenvalue weighted by Gasteiger charge is 2.27. The second-order valence-corrected chi connectivity index (χ2v) is 14.1. The fourth-order valence-corrected chi connectivity index (χ4v) is 8.30. The first kappa shape index (κ1) is 31.2. The molecule has 0 bridgehead atoms. The SMILES string of the molecule is CCc1sc2nc(SCC(=O)Nc3cc(S(=O)(=O)N4CCOCC4)ccc3OC)n(Cc3ccc(C)cc3)c(=O)c2c1C. The van der Waals surface area contributed by atoms with Crippen LogP contribution in [0.4, 0.5) is 5.69 Å². The molecule has 1 fully saturated rings. The number of carbonyl (C=O) groups is 1. The lowest BCUT2D eigenvalue weighted by Gasteiger charge is -2.26. The zero-order valence-electron chi connectivity index (χ0n) is 24.5. The highest BCUT2D eigenvalue weighted by molar-refractivity contribution is 7.99. The number of aromatic nitrogens is 2. The van der Waals surface area contributed by atoms with E-state index in [1.807, 2.05) is 38.1 Å². The minimum atomic E-state index is -3.77. The molecule has 5 rings (SSSR count). The standard InChI is InChI=1S/C30H34N4O6S3/c1-5-25-20(3)27-28(42-25)32-30(34(29(27)36)17-21-8-6-19(2)7-9-21)41-18-26(35)31-23-16-22(10-11-24(23)39-4)43(37,38)33-12-14-40-15-13-33/h6-11,16H,5,12-15,17-18H2,1-4H3,(H,31,35). The van der Waals surface area contributed by atoms with Crippen LogP contribution in [0.3, 0.4) is 0 Å². The van der Waals surface area contributed by atoms with Crippen LogP contribution < -0.4 is 15.6 Å². The second-order valence-electron chi connectivity index (χ2n) is 10.2. The van der Waals surface area contributed by atoms with Crippen LogP contribution in [-0.4, -0.2) is 67.3 Å². The first-order valence-corrected chi connectivity index (χ1v) is 17.1. The van der Waals surface area contributed by atoms with Gasteiger partial charge in [0.25, 0.3) is 5.56 Å². The van der Waals surface area contributed by atoms with E-state index in [1.165, 1.54) is 41.0 Å². The highest BCUT2D eigenvalue weighted by Crippen LogP contribution is 2.31. The number of carbonyl (C=O) groups excluding carboxylic acids is 1. The van der Waals surface area contributed by atoms with Gasteiger partial charge < -0.3 is 14.8 Å². The topological polar surface area (TPSA) is 120 Å². The summed E-state index contributed by atoms with van der Waals surface area (Å²) in [6.45, 7) is 7.52. The van der Waals surface area contributed by atoms with Gasteiger partial charge in [0.15, 0.2) is 5.16 Å². The normalized spacial score (nSPS) is 14.2. The average molecular weight is 643 g/mol. The van der Waals surface area contributed by atoms with Gasteiger partial charge in [-0.25, -0.2) is 13.4 Å². The zero-order chi connectivity index (χ0) is 30.7. The lowest BCUT2D eigenvalue weighted by molar-refractivity contribution is -0.113. The van der Waals surface area contributed by atoms with Gasteiger partial charge in [0.2, 0.25) is 15.9 Å². The fourth-order valence-electron chi connectivity index (χ4n) is 4.90. The molecule has 3 heterocycles. The molecule has 4 aromatic rings. The molecule has 0 radical (unpaired) electrons. The van der Waals surface area contributed by atoms with Crippen LogP contribution in [0.15, 0.2) is 57.3 Å². The van der Waals surface area contributed by atoms with Crippen molar-refractivity contribution < 1.29 is 22.7 Å². The molecule has 2 aromatic heterocycles. The molecule has 2 aromatic carbocycles. The number of aryl methyl sites for hydroxylation is 3. The highest BCUT2D eigenvalue weighted by atomic mass is 32.2. The molecule has 0 saturated carbocycles. The molecule has 0 atom stereocenters. The number of nitrogens with zero attached hydrogens (tertiary/aromatic N) is 3. The van der Waals surface area contributed by atoms with Crippen molar-refractivity contribution in [3.05, 3.63) is 74.4 Å². The summed E-state index contributed by atoms with van der Waals surface area (Å²) in [5.41, 5.74) is 3.13. The van der Waals surface area contributed by atoms with Crippen LogP contribution in [0.1, 0.15) is 28.5 Å². The van der Waals surface area contributed by atoms with Crippen molar-refractivity contribution >= 4 is 54.9 Å². The summed E-state index contributed by atoms with van der Waals surface area (Å²) in [6.07, 6.45) is 0.803. The van der Waals surface area contributed by atoms with E-state index >= 15 is 0 Å². The first-order valence-electron chi connectivity index (χ1n) is 13.9. The Morgan fingerprint density at radius 3 is 2.53 bits per heavy atom. The molecule has 0 aliphatic carbocycles. The molecule has 13 heteroatoms. The maximum absolute atomic E-state index is 13.8. The van der Waals surface area contributed by atoms with Crippen molar-refractivity contribution in [3.8, 4) is 5.75 Å². The molecule has 1 N–H and O–H groups in total. The van der Waals surface area contributed by atoms with Gasteiger partial charge in [-0.05, 0) is 49.6 Å². The molecule has 1 amide bonds. The summed E-state index contributed by atoms with van der Waals surface area (Å²) in [7, 11) is -2.32. The number of anilines is 1. The van der Waals surface area contributed by atoms with E-state index in [1.54, 1.807) is 4.57 Å². The summed E-state index contributed by atoms with van der Waals surface area (Å²) in [5, 5.41) is 3.85. The number of amides is 1. The summed E-state index contributed by atoms with van der Waals surface area (Å²) >= 11 is 2.66. The molecule has 0 spiro atoms. The van der Waals surface area contributed by atoms with Crippen molar-refractivity contribution in [1.29, 1.82) is 0 Å². The average Bonchev–Trinajstić information content (AvgIpc) is 3.34. The van der Waals surface area contributed by atoms with E-state index in [0.717, 1.165) is 39.8 Å². The van der Waals surface area contributed by atoms with E-state index < -0.39 is 15.9 Å². The molecule has 1 aliphatic heterocycles. The Hall–Kier alpha value is -3.23. The van der Waals surface area contributed by atoms with Crippen LogP contribution in [0.5, 0.6) is 5.75 Å². The summed E-state index contributed by atoms with van der Waals surface area (Å²) < 4.78 is 40.1. The minimum absolute atomic E-state index is 0.0528. The Morgan fingerprint density at radius 2 is 1.86 bits per heavy atom. The third-order valence-electron chi connectivity index (χ3n) is 7.28. The monoisotopic (exact) mass is 642 g/mol. The number of rotatable bonds is 10. The predicted molar refractivity (Wildman–Crippen MR) is 170 cm³/mol. The molecular formula is C30H34N4O6S3. The lowest BCUT2D eigenvalue weighted by Crippen LogP contribution is -2.40. The van der Waals surface area contributed by atoms with Crippen LogP contribution in [0, 0.1) is 13.8 Å². The van der Waals surface area contributed by atoms with Crippen molar-refractivity contribution in [3.63, 3.8) is 0 Å². The molecular weight excluding hydrogens is 609 g/mol. The van der Waals surface area contributed by atoms with E-state index in [2.05, 4.69) is 12.2 Å². The summed E-state index contributed by atoms with van der Waals surface area (Å²) in [6, 6.07) is 12.4. The number of fused-ring (bicyclic) bond motifs is 1. The van der Waals surface area contributed by atoms with Crippen molar-refractivity contribution in [2.45, 2.75) is 43.8 Å². The van der Waals surface area contributed by atoms with Crippen molar-refractivity contribution in [2.75, 3.05) is 44.5 Å². The maximum Gasteiger partial charge on any atom is 0.263 e. The zero-order valence-corrected chi connectivity index (χ0v) is 27.0. The predicted octanol–water partition coefficient (Wildman–Crippen LogP) is 4.45. The first-order chi connectivity index (χ1) is 20.6. The van der Waals surface area contributed by atoms with Crippen LogP contribution >= 0.6 is 23.1 Å². The number of ether oxygens (including phenoxy) is 2. The Morgan fingerprint density at radius 1 is 1.14 bits per heavy atom. The smallest absolute Gasteiger partial charge is 0.263 e. The number of thioether (sulfide) groups is 1. The van der Waals surface area contributed by atoms with Crippen LogP contribution in [-0.2, 0) is 32.5 Å². The summed E-state index contributed by atoms with van der Waals surface area (Å²) in [4.78, 5) is 33.6. The van der Waals surface area contributed by atoms with Gasteiger partial charge in [-0.1, -0.05) is 48.5 Å². The van der Waals surface area contributed by atoms with E-state index in [0.29, 0.717) is 40.9 Å². The van der Waals surface area contributed by atoms with Gasteiger partial charge in [-0.15, -0.1) is 11.3 Å². The molecule has 10 nitrogen and oxygen atoms in total. The summed E-state index contributed by atoms with van der Waals surface area (Å²) in [5.74, 6) is -0.117. The molecule has 0 unspecified atom stereocenters. The number of benzene rings is 2. The van der Waals surface area contributed by atoms with Gasteiger partial charge in [-0.3, -0.25) is 14.2 Å². The van der Waals surface area contributed by atoms with Crippen molar-refractivity contribution in [2.24, 2.45) is 0 Å². The number of methoxy groups -OCH3 is 1. The largest absolute Gasteiger partial charge is 0.495 e. The van der Waals surface area contributed by atoms with E-state index in [4.69, 9.17) is 14.5 Å². The Balaban J connectivity index is 1.41. The Bertz CT molecular complexity index is 1810. The molecule has 1 aliphatic rings. The Kier molecular flexibility index (Phi) is 9.57. The van der Waals surface area contributed by atoms with E-state index in [-0.39, 0.29) is 35.0 Å². The number of hydrogen-bond acceptors (Lipinski definition) is 9. The van der Waals surface area contributed by atoms with Gasteiger partial charge in [0.1, 0.15) is 10.6 Å². The van der Waals surface area contributed by atoms with Gasteiger partial charge >= 0.3 is 0 Å². The number of sulfonamides is 1. The number of nitrogens with one attached hydrogen (secondary N) is 1.